The minimum absolute atomic E-state index is 0.0728. The molecule has 1 N–H and O–H groups in total. The van der Waals surface area contributed by atoms with Crippen molar-refractivity contribution in [1.29, 1.82) is 0 Å². The first-order chi connectivity index (χ1) is 14.4. The molecule has 0 saturated carbocycles. The normalized spacial score (nSPS) is 24.7. The molecule has 2 aliphatic heterocycles. The van der Waals surface area contributed by atoms with E-state index in [0.29, 0.717) is 30.3 Å². The second-order valence-corrected chi connectivity index (χ2v) is 8.10. The second-order valence-electron chi connectivity index (χ2n) is 8.10. The summed E-state index contributed by atoms with van der Waals surface area (Å²) in [6.07, 6.45) is 1.56. The Bertz CT molecular complexity index is 746. The van der Waals surface area contributed by atoms with E-state index in [9.17, 15) is 9.59 Å². The first-order valence-electron chi connectivity index (χ1n) is 10.6. The number of ether oxygens (including phenoxy) is 3. The van der Waals surface area contributed by atoms with Crippen LogP contribution >= 0.6 is 0 Å². The van der Waals surface area contributed by atoms with E-state index in [2.05, 4.69) is 24.1 Å². The van der Waals surface area contributed by atoms with E-state index in [4.69, 9.17) is 14.2 Å². The van der Waals surface area contributed by atoms with E-state index >= 15 is 0 Å². The fourth-order valence-corrected chi connectivity index (χ4v) is 4.25. The summed E-state index contributed by atoms with van der Waals surface area (Å²) >= 11 is 0. The number of benzene rings is 1. The summed E-state index contributed by atoms with van der Waals surface area (Å²) in [6, 6.07) is 5.31. The van der Waals surface area contributed by atoms with E-state index in [0.717, 1.165) is 26.1 Å². The van der Waals surface area contributed by atoms with Gasteiger partial charge in [-0.3, -0.25) is 14.5 Å². The molecular weight excluding hydrogens is 386 g/mol. The fourth-order valence-electron chi connectivity index (χ4n) is 4.25. The lowest BCUT2D eigenvalue weighted by atomic mass is 10.1. The zero-order valence-electron chi connectivity index (χ0n) is 18.3. The van der Waals surface area contributed by atoms with Gasteiger partial charge < -0.3 is 24.4 Å². The van der Waals surface area contributed by atoms with Crippen LogP contribution in [0.15, 0.2) is 18.2 Å². The predicted octanol–water partition coefficient (Wildman–Crippen LogP) is 1.67. The van der Waals surface area contributed by atoms with Gasteiger partial charge in [-0.15, -0.1) is 0 Å². The molecule has 0 radical (unpaired) electrons. The number of morpholine rings is 1. The summed E-state index contributed by atoms with van der Waals surface area (Å²) in [4.78, 5) is 29.2. The Kier molecular flexibility index (Phi) is 7.55. The Hall–Kier alpha value is -2.32. The SMILES string of the molecule is COc1ccc(OC)c(N2C[C@H](C(=O)NCCCN3C[C@@H](C)O[C@H](C)C3)CC2=O)c1. The van der Waals surface area contributed by atoms with Crippen LogP contribution in [0.4, 0.5) is 5.69 Å². The molecule has 1 aromatic rings. The summed E-state index contributed by atoms with van der Waals surface area (Å²) in [6.45, 7) is 7.89. The van der Waals surface area contributed by atoms with Gasteiger partial charge in [0.2, 0.25) is 11.8 Å². The van der Waals surface area contributed by atoms with Gasteiger partial charge >= 0.3 is 0 Å². The van der Waals surface area contributed by atoms with Gasteiger partial charge in [-0.05, 0) is 32.4 Å². The van der Waals surface area contributed by atoms with E-state index < -0.39 is 0 Å². The zero-order valence-corrected chi connectivity index (χ0v) is 18.3. The number of amides is 2. The number of methoxy groups -OCH3 is 2. The number of rotatable bonds is 8. The van der Waals surface area contributed by atoms with Gasteiger partial charge in [-0.2, -0.15) is 0 Å². The van der Waals surface area contributed by atoms with Crippen molar-refractivity contribution in [2.75, 3.05) is 51.8 Å². The van der Waals surface area contributed by atoms with E-state index in [-0.39, 0.29) is 36.4 Å². The number of hydrogen-bond donors (Lipinski definition) is 1. The van der Waals surface area contributed by atoms with Crippen LogP contribution in [0.1, 0.15) is 26.7 Å². The molecule has 2 saturated heterocycles. The van der Waals surface area contributed by atoms with Gasteiger partial charge in [-0.1, -0.05) is 0 Å². The molecule has 30 heavy (non-hydrogen) atoms. The van der Waals surface area contributed by atoms with Gasteiger partial charge in [0.05, 0.1) is 38.0 Å². The smallest absolute Gasteiger partial charge is 0.227 e. The van der Waals surface area contributed by atoms with Crippen LogP contribution in [-0.4, -0.2) is 75.9 Å². The lowest BCUT2D eigenvalue weighted by Gasteiger charge is -2.35. The third kappa shape index (κ3) is 5.43. The Balaban J connectivity index is 1.49. The molecule has 1 aromatic carbocycles. The number of carbonyl (C=O) groups is 2. The monoisotopic (exact) mass is 419 g/mol. The Morgan fingerprint density at radius 3 is 2.57 bits per heavy atom. The minimum atomic E-state index is -0.364. The number of carbonyl (C=O) groups excluding carboxylic acids is 2. The molecule has 166 valence electrons. The van der Waals surface area contributed by atoms with Crippen LogP contribution in [-0.2, 0) is 14.3 Å². The maximum atomic E-state index is 12.6. The van der Waals surface area contributed by atoms with E-state index in [1.165, 1.54) is 0 Å². The molecular formula is C22H33N3O5. The molecule has 2 amide bonds. The molecule has 0 bridgehead atoms. The summed E-state index contributed by atoms with van der Waals surface area (Å²) in [5, 5.41) is 3.00. The van der Waals surface area contributed by atoms with Crippen LogP contribution in [0.3, 0.4) is 0 Å². The first-order valence-corrected chi connectivity index (χ1v) is 10.6. The van der Waals surface area contributed by atoms with Crippen molar-refractivity contribution in [2.24, 2.45) is 5.92 Å². The Labute approximate surface area is 178 Å². The van der Waals surface area contributed by atoms with E-state index in [1.54, 1.807) is 37.3 Å². The van der Waals surface area contributed by atoms with Crippen LogP contribution < -0.4 is 19.7 Å². The first kappa shape index (κ1) is 22.4. The van der Waals surface area contributed by atoms with Crippen LogP contribution in [0, 0.1) is 5.92 Å². The quantitative estimate of drug-likeness (QED) is 0.646. The summed E-state index contributed by atoms with van der Waals surface area (Å²) < 4.78 is 16.4. The largest absolute Gasteiger partial charge is 0.497 e. The fraction of sp³-hybridized carbons (Fsp3) is 0.636. The maximum Gasteiger partial charge on any atom is 0.227 e. The highest BCUT2D eigenvalue weighted by atomic mass is 16.5. The highest BCUT2D eigenvalue weighted by Crippen LogP contribution is 2.36. The Morgan fingerprint density at radius 2 is 1.90 bits per heavy atom. The van der Waals surface area contributed by atoms with Gasteiger partial charge in [0.15, 0.2) is 0 Å². The third-order valence-electron chi connectivity index (χ3n) is 5.62. The van der Waals surface area contributed by atoms with Gasteiger partial charge in [-0.25, -0.2) is 0 Å². The van der Waals surface area contributed by atoms with Gasteiger partial charge in [0.25, 0.3) is 0 Å². The summed E-state index contributed by atoms with van der Waals surface area (Å²) in [5.74, 6) is 0.698. The predicted molar refractivity (Wildman–Crippen MR) is 114 cm³/mol. The molecule has 0 unspecified atom stereocenters. The van der Waals surface area contributed by atoms with Crippen molar-refractivity contribution in [3.05, 3.63) is 18.2 Å². The molecule has 8 nitrogen and oxygen atoms in total. The molecule has 2 aliphatic rings. The highest BCUT2D eigenvalue weighted by molar-refractivity contribution is 6.01. The van der Waals surface area contributed by atoms with E-state index in [1.807, 2.05) is 0 Å². The molecule has 8 heteroatoms. The number of nitrogens with zero attached hydrogens (tertiary/aromatic N) is 2. The summed E-state index contributed by atoms with van der Waals surface area (Å²) in [7, 11) is 3.14. The van der Waals surface area contributed by atoms with Crippen LogP contribution in [0.25, 0.3) is 0 Å². The van der Waals surface area contributed by atoms with Crippen molar-refractivity contribution in [2.45, 2.75) is 38.9 Å². The zero-order chi connectivity index (χ0) is 21.7. The topological polar surface area (TPSA) is 80.3 Å². The van der Waals surface area contributed by atoms with Crippen molar-refractivity contribution in [3.8, 4) is 11.5 Å². The number of nitrogens with one attached hydrogen (secondary N) is 1. The van der Waals surface area contributed by atoms with Crippen molar-refractivity contribution >= 4 is 17.5 Å². The average Bonchev–Trinajstić information content (AvgIpc) is 3.11. The van der Waals surface area contributed by atoms with Crippen molar-refractivity contribution in [3.63, 3.8) is 0 Å². The standard InChI is InChI=1S/C22H33N3O5/c1-15-12-24(13-16(2)30-15)9-5-8-23-22(27)17-10-21(26)25(14-17)19-11-18(28-3)6-7-20(19)29-4/h6-7,11,15-17H,5,8-10,12-14H2,1-4H3,(H,23,27)/t15-,16-,17-/m1/s1. The number of hydrogen-bond acceptors (Lipinski definition) is 6. The lowest BCUT2D eigenvalue weighted by Crippen LogP contribution is -2.46. The lowest BCUT2D eigenvalue weighted by molar-refractivity contribution is -0.126. The third-order valence-corrected chi connectivity index (χ3v) is 5.62. The molecule has 2 heterocycles. The molecule has 0 aromatic heterocycles. The minimum Gasteiger partial charge on any atom is -0.497 e. The van der Waals surface area contributed by atoms with Gasteiger partial charge in [0.1, 0.15) is 11.5 Å². The average molecular weight is 420 g/mol. The molecule has 3 atom stereocenters. The molecule has 3 rings (SSSR count). The molecule has 2 fully saturated rings. The van der Waals surface area contributed by atoms with Crippen molar-refractivity contribution in [1.82, 2.24) is 10.2 Å². The molecule has 0 aliphatic carbocycles. The second kappa shape index (κ2) is 10.1. The molecule has 0 spiro atoms. The van der Waals surface area contributed by atoms with Crippen LogP contribution in [0.2, 0.25) is 0 Å². The van der Waals surface area contributed by atoms with Gasteiger partial charge in [0, 0.05) is 45.2 Å². The highest BCUT2D eigenvalue weighted by Gasteiger charge is 2.36. The van der Waals surface area contributed by atoms with Crippen molar-refractivity contribution < 1.29 is 23.8 Å². The maximum absolute atomic E-state index is 12.6. The summed E-state index contributed by atoms with van der Waals surface area (Å²) in [5.41, 5.74) is 0.632. The Morgan fingerprint density at radius 1 is 1.17 bits per heavy atom. The number of anilines is 1. The van der Waals surface area contributed by atoms with Crippen LogP contribution in [0.5, 0.6) is 11.5 Å².